The van der Waals surface area contributed by atoms with Gasteiger partial charge in [-0.3, -0.25) is 9.69 Å². The summed E-state index contributed by atoms with van der Waals surface area (Å²) in [6.45, 7) is 8.25. The topological polar surface area (TPSA) is 48.7 Å². The van der Waals surface area contributed by atoms with E-state index in [1.54, 1.807) is 0 Å². The lowest BCUT2D eigenvalue weighted by atomic mass is 10.1. The highest BCUT2D eigenvalue weighted by molar-refractivity contribution is 5.91. The van der Waals surface area contributed by atoms with Gasteiger partial charge in [0.15, 0.2) is 5.76 Å². The maximum atomic E-state index is 12.4. The van der Waals surface area contributed by atoms with Crippen molar-refractivity contribution in [3.8, 4) is 0 Å². The van der Waals surface area contributed by atoms with Gasteiger partial charge in [0, 0.05) is 31.6 Å². The van der Waals surface area contributed by atoms with Gasteiger partial charge < -0.3 is 14.6 Å². The second-order valence-electron chi connectivity index (χ2n) is 7.02. The average Bonchev–Trinajstić information content (AvgIpc) is 3.26. The van der Waals surface area contributed by atoms with Gasteiger partial charge in [-0.15, -0.1) is 0 Å². The molecule has 1 N–H and O–H groups in total. The second-order valence-corrected chi connectivity index (χ2v) is 7.02. The predicted octanol–water partition coefficient (Wildman–Crippen LogP) is 2.12. The van der Waals surface area contributed by atoms with Crippen molar-refractivity contribution in [2.24, 2.45) is 5.92 Å². The second kappa shape index (κ2) is 7.49. The van der Waals surface area contributed by atoms with E-state index >= 15 is 0 Å². The van der Waals surface area contributed by atoms with Crippen molar-refractivity contribution in [1.29, 1.82) is 0 Å². The van der Waals surface area contributed by atoms with Gasteiger partial charge in [0.25, 0.3) is 5.91 Å². The molecule has 3 heterocycles. The number of hydrogen-bond donors (Lipinski definition) is 1. The molecule has 1 atom stereocenters. The molecule has 23 heavy (non-hydrogen) atoms. The van der Waals surface area contributed by atoms with Gasteiger partial charge in [0.2, 0.25) is 0 Å². The summed E-state index contributed by atoms with van der Waals surface area (Å²) in [4.78, 5) is 17.1. The maximum absolute atomic E-state index is 12.4. The van der Waals surface area contributed by atoms with E-state index in [1.807, 2.05) is 6.07 Å². The molecular weight excluding hydrogens is 290 g/mol. The number of nitrogens with one attached hydrogen (secondary N) is 1. The first-order chi connectivity index (χ1) is 11.2. The van der Waals surface area contributed by atoms with Gasteiger partial charge in [0.1, 0.15) is 5.76 Å². The Morgan fingerprint density at radius 2 is 2.13 bits per heavy atom. The molecule has 3 rings (SSSR count). The van der Waals surface area contributed by atoms with Gasteiger partial charge in [0.05, 0.1) is 0 Å². The van der Waals surface area contributed by atoms with Gasteiger partial charge in [-0.2, -0.15) is 0 Å². The molecule has 1 aromatic heterocycles. The van der Waals surface area contributed by atoms with Crippen molar-refractivity contribution in [2.45, 2.75) is 39.2 Å². The Hall–Kier alpha value is -1.33. The highest BCUT2D eigenvalue weighted by atomic mass is 16.4. The molecule has 2 saturated heterocycles. The number of aryl methyl sites for hydroxylation is 1. The van der Waals surface area contributed by atoms with Gasteiger partial charge in [-0.1, -0.05) is 6.92 Å². The SMILES string of the molecule is CCc1oc(C(=O)NC[C@H]2CCN(C)C2)cc1CN1CCCC1. The number of hydrogen-bond acceptors (Lipinski definition) is 4. The molecule has 0 saturated carbocycles. The summed E-state index contributed by atoms with van der Waals surface area (Å²) in [5, 5.41) is 3.05. The summed E-state index contributed by atoms with van der Waals surface area (Å²) in [6.07, 6.45) is 4.56. The van der Waals surface area contributed by atoms with E-state index in [1.165, 1.54) is 18.4 Å². The van der Waals surface area contributed by atoms with E-state index in [4.69, 9.17) is 4.42 Å². The third-order valence-electron chi connectivity index (χ3n) is 5.07. The highest BCUT2D eigenvalue weighted by Gasteiger charge is 2.22. The molecule has 0 bridgehead atoms. The van der Waals surface area contributed by atoms with Crippen LogP contribution >= 0.6 is 0 Å². The van der Waals surface area contributed by atoms with Gasteiger partial charge in [-0.25, -0.2) is 0 Å². The molecule has 1 amide bonds. The normalized spacial score (nSPS) is 22.8. The minimum absolute atomic E-state index is 0.0677. The van der Waals surface area contributed by atoms with Crippen LogP contribution in [0.25, 0.3) is 0 Å². The van der Waals surface area contributed by atoms with Crippen molar-refractivity contribution in [1.82, 2.24) is 15.1 Å². The van der Waals surface area contributed by atoms with E-state index < -0.39 is 0 Å². The molecule has 5 nitrogen and oxygen atoms in total. The molecule has 2 aliphatic heterocycles. The number of carbonyl (C=O) groups is 1. The third kappa shape index (κ3) is 4.15. The summed E-state index contributed by atoms with van der Waals surface area (Å²) in [6, 6.07) is 1.95. The van der Waals surface area contributed by atoms with Crippen LogP contribution in [0.1, 0.15) is 48.1 Å². The maximum Gasteiger partial charge on any atom is 0.287 e. The number of carbonyl (C=O) groups excluding carboxylic acids is 1. The summed E-state index contributed by atoms with van der Waals surface area (Å²) in [5.74, 6) is 1.93. The zero-order valence-corrected chi connectivity index (χ0v) is 14.4. The standard InChI is InChI=1S/C18H29N3O2/c1-3-16-15(13-21-7-4-5-8-21)10-17(23-16)18(22)19-11-14-6-9-20(2)12-14/h10,14H,3-9,11-13H2,1-2H3,(H,19,22)/t14-/m1/s1. The summed E-state index contributed by atoms with van der Waals surface area (Å²) in [7, 11) is 2.13. The van der Waals surface area contributed by atoms with Crippen LogP contribution in [0, 0.1) is 5.92 Å². The molecular formula is C18H29N3O2. The number of furan rings is 1. The number of amides is 1. The first kappa shape index (κ1) is 16.5. The first-order valence-electron chi connectivity index (χ1n) is 8.96. The molecule has 0 radical (unpaired) electrons. The highest BCUT2D eigenvalue weighted by Crippen LogP contribution is 2.21. The minimum atomic E-state index is -0.0677. The lowest BCUT2D eigenvalue weighted by molar-refractivity contribution is 0.0918. The Labute approximate surface area is 139 Å². The smallest absolute Gasteiger partial charge is 0.287 e. The zero-order valence-electron chi connectivity index (χ0n) is 14.4. The largest absolute Gasteiger partial charge is 0.456 e. The van der Waals surface area contributed by atoms with Crippen molar-refractivity contribution in [3.63, 3.8) is 0 Å². The Bertz CT molecular complexity index is 534. The minimum Gasteiger partial charge on any atom is -0.456 e. The van der Waals surface area contributed by atoms with Crippen LogP contribution in [0.4, 0.5) is 0 Å². The Morgan fingerprint density at radius 1 is 1.35 bits per heavy atom. The van der Waals surface area contributed by atoms with Crippen LogP contribution < -0.4 is 5.32 Å². The Morgan fingerprint density at radius 3 is 2.78 bits per heavy atom. The number of nitrogens with zero attached hydrogens (tertiary/aromatic N) is 2. The monoisotopic (exact) mass is 319 g/mol. The molecule has 0 unspecified atom stereocenters. The molecule has 0 aromatic carbocycles. The zero-order chi connectivity index (χ0) is 16.2. The van der Waals surface area contributed by atoms with Crippen LogP contribution in [-0.2, 0) is 13.0 Å². The van der Waals surface area contributed by atoms with Crippen molar-refractivity contribution < 1.29 is 9.21 Å². The fourth-order valence-corrected chi connectivity index (χ4v) is 3.71. The molecule has 0 aliphatic carbocycles. The number of rotatable bonds is 6. The van der Waals surface area contributed by atoms with Gasteiger partial charge in [-0.05, 0) is 57.9 Å². The van der Waals surface area contributed by atoms with E-state index in [0.29, 0.717) is 11.7 Å². The van der Waals surface area contributed by atoms with Crippen molar-refractivity contribution in [3.05, 3.63) is 23.2 Å². The van der Waals surface area contributed by atoms with Crippen molar-refractivity contribution in [2.75, 3.05) is 39.8 Å². The Kier molecular flexibility index (Phi) is 5.38. The Balaban J connectivity index is 1.57. The molecule has 0 spiro atoms. The quantitative estimate of drug-likeness (QED) is 0.872. The fraction of sp³-hybridized carbons (Fsp3) is 0.722. The van der Waals surface area contributed by atoms with Crippen LogP contribution in [0.15, 0.2) is 10.5 Å². The summed E-state index contributed by atoms with van der Waals surface area (Å²) < 4.78 is 5.82. The van der Waals surface area contributed by atoms with E-state index in [0.717, 1.165) is 57.9 Å². The van der Waals surface area contributed by atoms with E-state index in [2.05, 4.69) is 29.1 Å². The molecule has 5 heteroatoms. The van der Waals surface area contributed by atoms with Crippen LogP contribution in [0.5, 0.6) is 0 Å². The lowest BCUT2D eigenvalue weighted by Gasteiger charge is -2.13. The summed E-state index contributed by atoms with van der Waals surface area (Å²) >= 11 is 0. The molecule has 1 aromatic rings. The van der Waals surface area contributed by atoms with Crippen LogP contribution in [0.3, 0.4) is 0 Å². The predicted molar refractivity (Wildman–Crippen MR) is 90.5 cm³/mol. The number of likely N-dealkylation sites (tertiary alicyclic amines) is 2. The third-order valence-corrected chi connectivity index (χ3v) is 5.07. The van der Waals surface area contributed by atoms with E-state index in [-0.39, 0.29) is 5.91 Å². The molecule has 2 fully saturated rings. The first-order valence-corrected chi connectivity index (χ1v) is 8.96. The molecule has 2 aliphatic rings. The van der Waals surface area contributed by atoms with Crippen molar-refractivity contribution >= 4 is 5.91 Å². The van der Waals surface area contributed by atoms with Crippen LogP contribution in [-0.4, -0.2) is 55.5 Å². The van der Waals surface area contributed by atoms with Crippen LogP contribution in [0.2, 0.25) is 0 Å². The summed E-state index contributed by atoms with van der Waals surface area (Å²) in [5.41, 5.74) is 1.18. The lowest BCUT2D eigenvalue weighted by Crippen LogP contribution is -2.30. The van der Waals surface area contributed by atoms with Gasteiger partial charge >= 0.3 is 0 Å². The van der Waals surface area contributed by atoms with E-state index in [9.17, 15) is 4.79 Å². The fourth-order valence-electron chi connectivity index (χ4n) is 3.71. The molecule has 128 valence electrons. The average molecular weight is 319 g/mol.